The van der Waals surface area contributed by atoms with Gasteiger partial charge in [-0.2, -0.15) is 0 Å². The number of aryl methyl sites for hydroxylation is 2. The summed E-state index contributed by atoms with van der Waals surface area (Å²) >= 11 is 0. The average molecular weight is 271 g/mol. The van der Waals surface area contributed by atoms with Crippen molar-refractivity contribution in [3.63, 3.8) is 0 Å². The van der Waals surface area contributed by atoms with E-state index in [0.717, 1.165) is 19.4 Å². The van der Waals surface area contributed by atoms with E-state index in [4.69, 9.17) is 0 Å². The van der Waals surface area contributed by atoms with Gasteiger partial charge in [-0.15, -0.1) is 0 Å². The fraction of sp³-hybridized carbons (Fsp3) is 0.667. The standard InChI is InChI=1S/C18H25NO/c20-18(9-11-19-10-2-1-6-17(18)19)13-14-7-8-15-4-3-5-16(15)12-14/h7-8,12,17,20H,1-6,9-11,13H2. The number of hydrogen-bond donors (Lipinski definition) is 1. The summed E-state index contributed by atoms with van der Waals surface area (Å²) in [5, 5.41) is 11.1. The molecule has 0 radical (unpaired) electrons. The minimum atomic E-state index is -0.479. The van der Waals surface area contributed by atoms with E-state index < -0.39 is 5.60 Å². The lowest BCUT2D eigenvalue weighted by Gasteiger charge is -2.37. The van der Waals surface area contributed by atoms with Crippen LogP contribution in [0.5, 0.6) is 0 Å². The molecule has 1 aliphatic carbocycles. The minimum Gasteiger partial charge on any atom is -0.388 e. The summed E-state index contributed by atoms with van der Waals surface area (Å²) in [6.07, 6.45) is 9.36. The van der Waals surface area contributed by atoms with Crippen molar-refractivity contribution < 1.29 is 5.11 Å². The Balaban J connectivity index is 1.55. The fourth-order valence-corrected chi connectivity index (χ4v) is 4.67. The molecule has 20 heavy (non-hydrogen) atoms. The van der Waals surface area contributed by atoms with E-state index in [9.17, 15) is 5.11 Å². The maximum absolute atomic E-state index is 11.1. The van der Waals surface area contributed by atoms with Gasteiger partial charge in [-0.1, -0.05) is 24.6 Å². The van der Waals surface area contributed by atoms with Crippen molar-refractivity contribution in [3.8, 4) is 0 Å². The van der Waals surface area contributed by atoms with E-state index in [-0.39, 0.29) is 0 Å². The largest absolute Gasteiger partial charge is 0.388 e. The van der Waals surface area contributed by atoms with Gasteiger partial charge in [0.2, 0.25) is 0 Å². The number of fused-ring (bicyclic) bond motifs is 2. The molecule has 3 aliphatic rings. The zero-order valence-corrected chi connectivity index (χ0v) is 12.3. The smallest absolute Gasteiger partial charge is 0.0854 e. The van der Waals surface area contributed by atoms with Gasteiger partial charge in [0, 0.05) is 19.0 Å². The molecular formula is C18H25NO. The average Bonchev–Trinajstić information content (AvgIpc) is 3.04. The SMILES string of the molecule is OC1(Cc2ccc3c(c2)CCC3)CCN2CCCCC21. The van der Waals surface area contributed by atoms with Gasteiger partial charge in [-0.05, 0) is 61.8 Å². The van der Waals surface area contributed by atoms with Crippen LogP contribution in [0, 0.1) is 0 Å². The highest BCUT2D eigenvalue weighted by Gasteiger charge is 2.46. The molecule has 2 aliphatic heterocycles. The number of rotatable bonds is 2. The molecule has 2 heterocycles. The van der Waals surface area contributed by atoms with Crippen molar-refractivity contribution in [2.45, 2.75) is 63.0 Å². The minimum absolute atomic E-state index is 0.407. The van der Waals surface area contributed by atoms with E-state index in [1.165, 1.54) is 61.8 Å². The van der Waals surface area contributed by atoms with Crippen LogP contribution in [-0.4, -0.2) is 34.7 Å². The van der Waals surface area contributed by atoms with Crippen LogP contribution in [0.2, 0.25) is 0 Å². The summed E-state index contributed by atoms with van der Waals surface area (Å²) in [6, 6.07) is 7.33. The Morgan fingerprint density at radius 2 is 2.00 bits per heavy atom. The molecule has 1 aromatic rings. The predicted molar refractivity (Wildman–Crippen MR) is 80.9 cm³/mol. The molecule has 2 atom stereocenters. The summed E-state index contributed by atoms with van der Waals surface area (Å²) in [5.41, 5.74) is 3.93. The molecule has 2 nitrogen and oxygen atoms in total. The Kier molecular flexibility index (Phi) is 3.12. The third-order valence-electron chi connectivity index (χ3n) is 5.74. The van der Waals surface area contributed by atoms with Crippen molar-refractivity contribution in [2.24, 2.45) is 0 Å². The van der Waals surface area contributed by atoms with Gasteiger partial charge in [-0.25, -0.2) is 0 Å². The predicted octanol–water partition coefficient (Wildman–Crippen LogP) is 2.71. The van der Waals surface area contributed by atoms with Gasteiger partial charge in [-0.3, -0.25) is 4.90 Å². The Morgan fingerprint density at radius 1 is 1.10 bits per heavy atom. The van der Waals surface area contributed by atoms with Gasteiger partial charge >= 0.3 is 0 Å². The molecule has 2 fully saturated rings. The van der Waals surface area contributed by atoms with Gasteiger partial charge in [0.25, 0.3) is 0 Å². The molecule has 108 valence electrons. The molecule has 1 aromatic carbocycles. The third-order valence-corrected chi connectivity index (χ3v) is 5.74. The molecule has 4 rings (SSSR count). The van der Waals surface area contributed by atoms with Gasteiger partial charge in [0.15, 0.2) is 0 Å². The zero-order chi connectivity index (χ0) is 13.6. The van der Waals surface area contributed by atoms with Crippen LogP contribution in [0.3, 0.4) is 0 Å². The van der Waals surface area contributed by atoms with Crippen molar-refractivity contribution in [3.05, 3.63) is 34.9 Å². The van der Waals surface area contributed by atoms with Gasteiger partial charge < -0.3 is 5.11 Å². The Labute approximate surface area is 121 Å². The van der Waals surface area contributed by atoms with E-state index in [0.29, 0.717) is 6.04 Å². The third kappa shape index (κ3) is 2.10. The molecule has 0 aromatic heterocycles. The highest BCUT2D eigenvalue weighted by atomic mass is 16.3. The summed E-state index contributed by atoms with van der Waals surface area (Å²) < 4.78 is 0. The maximum atomic E-state index is 11.1. The number of benzene rings is 1. The second-order valence-electron chi connectivity index (χ2n) is 7.03. The van der Waals surface area contributed by atoms with Crippen molar-refractivity contribution >= 4 is 0 Å². The first kappa shape index (κ1) is 12.8. The van der Waals surface area contributed by atoms with E-state index in [1.807, 2.05) is 0 Å². The van der Waals surface area contributed by atoms with Crippen molar-refractivity contribution in [1.82, 2.24) is 4.90 Å². The second-order valence-corrected chi connectivity index (χ2v) is 7.03. The zero-order valence-electron chi connectivity index (χ0n) is 12.3. The molecule has 0 saturated carbocycles. The summed E-state index contributed by atoms with van der Waals surface area (Å²) in [7, 11) is 0. The fourth-order valence-electron chi connectivity index (χ4n) is 4.67. The first-order chi connectivity index (χ1) is 9.74. The lowest BCUT2D eigenvalue weighted by Crippen LogP contribution is -2.48. The highest BCUT2D eigenvalue weighted by Crippen LogP contribution is 2.37. The number of aliphatic hydroxyl groups is 1. The van der Waals surface area contributed by atoms with Crippen LogP contribution in [0.4, 0.5) is 0 Å². The number of hydrogen-bond acceptors (Lipinski definition) is 2. The van der Waals surface area contributed by atoms with Crippen LogP contribution in [-0.2, 0) is 19.3 Å². The molecule has 2 saturated heterocycles. The van der Waals surface area contributed by atoms with Crippen LogP contribution in [0.25, 0.3) is 0 Å². The molecule has 2 unspecified atom stereocenters. The number of nitrogens with zero attached hydrogens (tertiary/aromatic N) is 1. The summed E-state index contributed by atoms with van der Waals surface area (Å²) in [5.74, 6) is 0. The Morgan fingerprint density at radius 3 is 2.95 bits per heavy atom. The van der Waals surface area contributed by atoms with E-state index in [2.05, 4.69) is 23.1 Å². The van der Waals surface area contributed by atoms with Crippen LogP contribution in [0.1, 0.15) is 48.8 Å². The van der Waals surface area contributed by atoms with Crippen molar-refractivity contribution in [1.29, 1.82) is 0 Å². The lowest BCUT2D eigenvalue weighted by molar-refractivity contribution is -0.00886. The van der Waals surface area contributed by atoms with E-state index in [1.54, 1.807) is 0 Å². The molecular weight excluding hydrogens is 246 g/mol. The van der Waals surface area contributed by atoms with Crippen LogP contribution >= 0.6 is 0 Å². The molecule has 0 amide bonds. The lowest BCUT2D eigenvalue weighted by atomic mass is 9.83. The normalized spacial score (nSPS) is 33.1. The molecule has 1 N–H and O–H groups in total. The maximum Gasteiger partial charge on any atom is 0.0854 e. The first-order valence-electron chi connectivity index (χ1n) is 8.32. The molecule has 0 spiro atoms. The Bertz CT molecular complexity index is 512. The quantitative estimate of drug-likeness (QED) is 0.894. The van der Waals surface area contributed by atoms with Crippen LogP contribution < -0.4 is 0 Å². The topological polar surface area (TPSA) is 23.5 Å². The Hall–Kier alpha value is -0.860. The monoisotopic (exact) mass is 271 g/mol. The van der Waals surface area contributed by atoms with Gasteiger partial charge in [0.1, 0.15) is 0 Å². The summed E-state index contributed by atoms with van der Waals surface area (Å²) in [6.45, 7) is 2.28. The molecule has 2 heteroatoms. The highest BCUT2D eigenvalue weighted by molar-refractivity contribution is 5.36. The van der Waals surface area contributed by atoms with Crippen LogP contribution in [0.15, 0.2) is 18.2 Å². The second kappa shape index (κ2) is 4.85. The van der Waals surface area contributed by atoms with Crippen molar-refractivity contribution in [2.75, 3.05) is 13.1 Å². The van der Waals surface area contributed by atoms with Gasteiger partial charge in [0.05, 0.1) is 5.60 Å². The van der Waals surface area contributed by atoms with E-state index >= 15 is 0 Å². The molecule has 0 bridgehead atoms. The summed E-state index contributed by atoms with van der Waals surface area (Å²) in [4.78, 5) is 2.52. The first-order valence-corrected chi connectivity index (χ1v) is 8.32. The number of piperidine rings is 1.